The van der Waals surface area contributed by atoms with Gasteiger partial charge in [-0.05, 0) is 67.5 Å². The smallest absolute Gasteiger partial charge is 0.252 e. The largest absolute Gasteiger partial charge is 0.350 e. The summed E-state index contributed by atoms with van der Waals surface area (Å²) in [5.74, 6) is -0.0266. The van der Waals surface area contributed by atoms with Crippen molar-refractivity contribution in [2.75, 3.05) is 20.6 Å². The predicted molar refractivity (Wildman–Crippen MR) is 84.4 cm³/mol. The molecule has 5 heteroatoms. The fourth-order valence-electron chi connectivity index (χ4n) is 2.38. The normalized spacial score (nSPS) is 17.1. The van der Waals surface area contributed by atoms with E-state index in [1.54, 1.807) is 0 Å². The number of rotatable bonds is 4. The van der Waals surface area contributed by atoms with Gasteiger partial charge in [-0.2, -0.15) is 0 Å². The van der Waals surface area contributed by atoms with Gasteiger partial charge in [0.05, 0.1) is 5.56 Å². The van der Waals surface area contributed by atoms with Crippen LogP contribution in [0.5, 0.6) is 0 Å². The van der Waals surface area contributed by atoms with Crippen LogP contribution in [0.4, 0.5) is 0 Å². The minimum absolute atomic E-state index is 0.0266. The Bertz CT molecular complexity index is 484. The summed E-state index contributed by atoms with van der Waals surface area (Å²) in [6, 6.07) is 5.63. The molecule has 0 radical (unpaired) electrons. The molecule has 0 bridgehead atoms. The van der Waals surface area contributed by atoms with E-state index in [9.17, 15) is 4.79 Å². The molecule has 1 N–H and O–H groups in total. The predicted octanol–water partition coefficient (Wildman–Crippen LogP) is 3.43. The standard InChI is InChI=1S/C14H18Br2N2O/c1-18(2)14(6-3-7-14)9-17-13(19)11-8-10(15)4-5-12(11)16/h4-5,8H,3,6-7,9H2,1-2H3,(H,17,19). The first kappa shape index (κ1) is 15.0. The Morgan fingerprint density at radius 1 is 1.37 bits per heavy atom. The van der Waals surface area contributed by atoms with Crippen LogP contribution in [0.1, 0.15) is 29.6 Å². The molecule has 19 heavy (non-hydrogen) atoms. The van der Waals surface area contributed by atoms with E-state index in [0.717, 1.165) is 21.8 Å². The van der Waals surface area contributed by atoms with E-state index < -0.39 is 0 Å². The fourth-order valence-corrected chi connectivity index (χ4v) is 3.17. The van der Waals surface area contributed by atoms with Gasteiger partial charge >= 0.3 is 0 Å². The van der Waals surface area contributed by atoms with Crippen LogP contribution in [0.25, 0.3) is 0 Å². The summed E-state index contributed by atoms with van der Waals surface area (Å²) in [4.78, 5) is 14.5. The molecule has 0 spiro atoms. The van der Waals surface area contributed by atoms with Crippen molar-refractivity contribution in [2.45, 2.75) is 24.8 Å². The number of carbonyl (C=O) groups is 1. The molecular formula is C14H18Br2N2O. The molecule has 3 nitrogen and oxygen atoms in total. The topological polar surface area (TPSA) is 32.3 Å². The molecule has 1 saturated carbocycles. The highest BCUT2D eigenvalue weighted by Crippen LogP contribution is 2.35. The molecule has 104 valence electrons. The lowest BCUT2D eigenvalue weighted by Gasteiger charge is -2.47. The Hall–Kier alpha value is -0.390. The van der Waals surface area contributed by atoms with Crippen molar-refractivity contribution < 1.29 is 4.79 Å². The number of hydrogen-bond donors (Lipinski definition) is 1. The molecule has 0 unspecified atom stereocenters. The lowest BCUT2D eigenvalue weighted by Crippen LogP contribution is -2.57. The van der Waals surface area contributed by atoms with Gasteiger partial charge < -0.3 is 10.2 Å². The summed E-state index contributed by atoms with van der Waals surface area (Å²) in [6.45, 7) is 0.706. The summed E-state index contributed by atoms with van der Waals surface area (Å²) in [5, 5.41) is 3.06. The molecule has 1 fully saturated rings. The minimum Gasteiger partial charge on any atom is -0.350 e. The Kier molecular flexibility index (Phi) is 4.69. The Morgan fingerprint density at radius 3 is 2.58 bits per heavy atom. The molecule has 0 aromatic heterocycles. The van der Waals surface area contributed by atoms with Crippen molar-refractivity contribution in [1.82, 2.24) is 10.2 Å². The van der Waals surface area contributed by atoms with E-state index in [1.807, 2.05) is 18.2 Å². The maximum absolute atomic E-state index is 12.2. The monoisotopic (exact) mass is 388 g/mol. The van der Waals surface area contributed by atoms with Crippen molar-refractivity contribution in [2.24, 2.45) is 0 Å². The van der Waals surface area contributed by atoms with Gasteiger partial charge in [0.2, 0.25) is 0 Å². The van der Waals surface area contributed by atoms with Gasteiger partial charge in [0.15, 0.2) is 0 Å². The third-order valence-corrected chi connectivity index (χ3v) is 5.17. The zero-order valence-corrected chi connectivity index (χ0v) is 14.3. The molecule has 1 aromatic rings. The van der Waals surface area contributed by atoms with Crippen LogP contribution in [0.2, 0.25) is 0 Å². The Morgan fingerprint density at radius 2 is 2.05 bits per heavy atom. The SMILES string of the molecule is CN(C)C1(CNC(=O)c2cc(Br)ccc2Br)CCC1. The summed E-state index contributed by atoms with van der Waals surface area (Å²) in [5.41, 5.74) is 0.816. The third-order valence-electron chi connectivity index (χ3n) is 3.98. The summed E-state index contributed by atoms with van der Waals surface area (Å²) in [6.07, 6.45) is 3.55. The van der Waals surface area contributed by atoms with E-state index in [-0.39, 0.29) is 11.4 Å². The molecule has 1 aliphatic carbocycles. The zero-order valence-electron chi connectivity index (χ0n) is 11.2. The van der Waals surface area contributed by atoms with Gasteiger partial charge in [0.1, 0.15) is 0 Å². The van der Waals surface area contributed by atoms with E-state index in [4.69, 9.17) is 0 Å². The number of halogens is 2. The minimum atomic E-state index is -0.0266. The van der Waals surface area contributed by atoms with Gasteiger partial charge in [0.25, 0.3) is 5.91 Å². The average Bonchev–Trinajstić information content (AvgIpc) is 2.30. The molecule has 1 amide bonds. The van der Waals surface area contributed by atoms with E-state index in [0.29, 0.717) is 12.1 Å². The second kappa shape index (κ2) is 5.94. The number of carbonyl (C=O) groups excluding carboxylic acids is 1. The quantitative estimate of drug-likeness (QED) is 0.855. The first-order valence-electron chi connectivity index (χ1n) is 6.35. The first-order valence-corrected chi connectivity index (χ1v) is 7.94. The van der Waals surface area contributed by atoms with Crippen molar-refractivity contribution in [3.05, 3.63) is 32.7 Å². The van der Waals surface area contributed by atoms with Crippen LogP contribution in [0, 0.1) is 0 Å². The van der Waals surface area contributed by atoms with E-state index in [2.05, 4.69) is 56.2 Å². The maximum atomic E-state index is 12.2. The van der Waals surface area contributed by atoms with E-state index >= 15 is 0 Å². The average molecular weight is 390 g/mol. The summed E-state index contributed by atoms with van der Waals surface area (Å²) >= 11 is 6.81. The van der Waals surface area contributed by atoms with Crippen LogP contribution >= 0.6 is 31.9 Å². The molecular weight excluding hydrogens is 372 g/mol. The van der Waals surface area contributed by atoms with Gasteiger partial charge in [0, 0.05) is 21.0 Å². The highest BCUT2D eigenvalue weighted by molar-refractivity contribution is 9.11. The second-order valence-electron chi connectivity index (χ2n) is 5.28. The number of amides is 1. The van der Waals surface area contributed by atoms with Gasteiger partial charge in [-0.1, -0.05) is 15.9 Å². The van der Waals surface area contributed by atoms with Gasteiger partial charge in [-0.3, -0.25) is 4.79 Å². The molecule has 0 saturated heterocycles. The maximum Gasteiger partial charge on any atom is 0.252 e. The Labute approximate surface area is 131 Å². The third kappa shape index (κ3) is 3.20. The Balaban J connectivity index is 2.03. The number of nitrogens with one attached hydrogen (secondary N) is 1. The molecule has 0 aliphatic heterocycles. The van der Waals surface area contributed by atoms with Crippen LogP contribution in [-0.2, 0) is 0 Å². The van der Waals surface area contributed by atoms with Crippen molar-refractivity contribution in [3.8, 4) is 0 Å². The highest BCUT2D eigenvalue weighted by Gasteiger charge is 2.39. The van der Waals surface area contributed by atoms with Crippen LogP contribution in [0.15, 0.2) is 27.1 Å². The van der Waals surface area contributed by atoms with Gasteiger partial charge in [-0.15, -0.1) is 0 Å². The second-order valence-corrected chi connectivity index (χ2v) is 7.05. The zero-order chi connectivity index (χ0) is 14.0. The van der Waals surface area contributed by atoms with Crippen molar-refractivity contribution in [1.29, 1.82) is 0 Å². The van der Waals surface area contributed by atoms with Crippen LogP contribution in [-0.4, -0.2) is 37.0 Å². The molecule has 1 aromatic carbocycles. The molecule has 2 rings (SSSR count). The van der Waals surface area contributed by atoms with Crippen LogP contribution < -0.4 is 5.32 Å². The molecule has 0 heterocycles. The number of hydrogen-bond acceptors (Lipinski definition) is 2. The lowest BCUT2D eigenvalue weighted by atomic mass is 9.75. The molecule has 0 atom stereocenters. The number of benzene rings is 1. The molecule has 1 aliphatic rings. The highest BCUT2D eigenvalue weighted by atomic mass is 79.9. The van der Waals surface area contributed by atoms with Crippen LogP contribution in [0.3, 0.4) is 0 Å². The summed E-state index contributed by atoms with van der Waals surface area (Å²) in [7, 11) is 4.17. The lowest BCUT2D eigenvalue weighted by molar-refractivity contribution is 0.0557. The van der Waals surface area contributed by atoms with Gasteiger partial charge in [-0.25, -0.2) is 0 Å². The fraction of sp³-hybridized carbons (Fsp3) is 0.500. The first-order chi connectivity index (χ1) is 8.94. The number of nitrogens with zero attached hydrogens (tertiary/aromatic N) is 1. The summed E-state index contributed by atoms with van der Waals surface area (Å²) < 4.78 is 1.73. The van der Waals surface area contributed by atoms with Crippen molar-refractivity contribution in [3.63, 3.8) is 0 Å². The van der Waals surface area contributed by atoms with E-state index in [1.165, 1.54) is 6.42 Å². The van der Waals surface area contributed by atoms with Crippen molar-refractivity contribution >= 4 is 37.8 Å². The number of likely N-dealkylation sites (N-methyl/N-ethyl adjacent to an activating group) is 1.